The van der Waals surface area contributed by atoms with E-state index < -0.39 is 10.0 Å². The zero-order chi connectivity index (χ0) is 20.3. The van der Waals surface area contributed by atoms with Crippen molar-refractivity contribution < 1.29 is 8.42 Å². The number of benzene rings is 2. The smallest absolute Gasteiger partial charge is 0.243 e. The summed E-state index contributed by atoms with van der Waals surface area (Å²) in [4.78, 5) is 4.81. The van der Waals surface area contributed by atoms with Gasteiger partial charge in [-0.15, -0.1) is 11.3 Å². The van der Waals surface area contributed by atoms with Crippen molar-refractivity contribution in [3.63, 3.8) is 0 Å². The van der Waals surface area contributed by atoms with Crippen molar-refractivity contribution in [2.24, 2.45) is 5.10 Å². The van der Waals surface area contributed by atoms with Crippen LogP contribution in [0.15, 0.2) is 63.9 Å². The average Bonchev–Trinajstić information content (AvgIpc) is 3.42. The van der Waals surface area contributed by atoms with E-state index in [1.165, 1.54) is 11.3 Å². The molecule has 1 aliphatic rings. The van der Waals surface area contributed by atoms with Crippen molar-refractivity contribution in [3.8, 4) is 11.3 Å². The van der Waals surface area contributed by atoms with E-state index in [4.69, 9.17) is 11.6 Å². The van der Waals surface area contributed by atoms with Crippen molar-refractivity contribution in [1.29, 1.82) is 0 Å². The first-order chi connectivity index (χ1) is 14.0. The summed E-state index contributed by atoms with van der Waals surface area (Å²) in [6, 6.07) is 14.3. The maximum absolute atomic E-state index is 12.8. The second-order valence-corrected chi connectivity index (χ2v) is 9.77. The minimum absolute atomic E-state index is 0.302. The Bertz CT molecular complexity index is 1140. The topological polar surface area (TPSA) is 74.7 Å². The summed E-state index contributed by atoms with van der Waals surface area (Å²) in [7, 11) is -3.45. The van der Waals surface area contributed by atoms with E-state index in [-0.39, 0.29) is 0 Å². The van der Waals surface area contributed by atoms with E-state index >= 15 is 0 Å². The summed E-state index contributed by atoms with van der Waals surface area (Å²) in [6.45, 7) is 1.17. The molecule has 150 valence electrons. The molecular weight excluding hydrogens is 428 g/mol. The average molecular weight is 447 g/mol. The Morgan fingerprint density at radius 2 is 1.93 bits per heavy atom. The molecule has 0 atom stereocenters. The van der Waals surface area contributed by atoms with Crippen LogP contribution in [0.4, 0.5) is 5.13 Å². The zero-order valence-corrected chi connectivity index (χ0v) is 17.8. The fourth-order valence-electron chi connectivity index (χ4n) is 3.09. The highest BCUT2D eigenvalue weighted by molar-refractivity contribution is 7.89. The van der Waals surface area contributed by atoms with E-state index in [1.807, 2.05) is 29.6 Å². The lowest BCUT2D eigenvalue weighted by Gasteiger charge is -2.15. The summed E-state index contributed by atoms with van der Waals surface area (Å²) in [6.07, 6.45) is 3.45. The standard InChI is InChI=1S/C20H19ClN4O2S2/c21-18-9-2-1-6-16(18)13-22-24-20-23-19(14-28-20)15-7-5-8-17(12-15)29(26,27)25-10-3-4-11-25/h1-2,5-9,12-14H,3-4,10-11H2,(H,23,24). The number of hydrogen-bond donors (Lipinski definition) is 1. The van der Waals surface area contributed by atoms with E-state index in [0.717, 1.165) is 24.0 Å². The van der Waals surface area contributed by atoms with Crippen molar-refractivity contribution in [2.75, 3.05) is 18.5 Å². The van der Waals surface area contributed by atoms with Crippen LogP contribution in [0.1, 0.15) is 18.4 Å². The van der Waals surface area contributed by atoms with Crippen molar-refractivity contribution in [2.45, 2.75) is 17.7 Å². The number of aromatic nitrogens is 1. The molecule has 9 heteroatoms. The molecule has 0 unspecified atom stereocenters. The lowest BCUT2D eigenvalue weighted by molar-refractivity contribution is 0.477. The molecule has 0 aliphatic carbocycles. The number of rotatable bonds is 6. The van der Waals surface area contributed by atoms with Crippen LogP contribution in [-0.4, -0.2) is 37.0 Å². The first-order valence-corrected chi connectivity index (χ1v) is 11.8. The van der Waals surface area contributed by atoms with Crippen molar-refractivity contribution >= 4 is 44.3 Å². The van der Waals surface area contributed by atoms with Crippen LogP contribution < -0.4 is 5.43 Å². The molecule has 1 aliphatic heterocycles. The highest BCUT2D eigenvalue weighted by atomic mass is 35.5. The van der Waals surface area contributed by atoms with Gasteiger partial charge in [-0.3, -0.25) is 5.43 Å². The Balaban J connectivity index is 1.50. The molecule has 1 saturated heterocycles. The van der Waals surface area contributed by atoms with Gasteiger partial charge in [-0.05, 0) is 31.0 Å². The quantitative estimate of drug-likeness (QED) is 0.440. The predicted molar refractivity (Wildman–Crippen MR) is 118 cm³/mol. The van der Waals surface area contributed by atoms with Gasteiger partial charge in [0.2, 0.25) is 15.2 Å². The van der Waals surface area contributed by atoms with Crippen LogP contribution in [0.25, 0.3) is 11.3 Å². The number of sulfonamides is 1. The lowest BCUT2D eigenvalue weighted by Crippen LogP contribution is -2.27. The van der Waals surface area contributed by atoms with Gasteiger partial charge in [-0.2, -0.15) is 9.41 Å². The summed E-state index contributed by atoms with van der Waals surface area (Å²) in [5.74, 6) is 0. The Kier molecular flexibility index (Phi) is 5.96. The van der Waals surface area contributed by atoms with Crippen LogP contribution in [0.5, 0.6) is 0 Å². The van der Waals surface area contributed by atoms with Gasteiger partial charge in [-0.1, -0.05) is 41.9 Å². The molecule has 0 saturated carbocycles. The normalized spacial score (nSPS) is 15.2. The summed E-state index contributed by atoms with van der Waals surface area (Å²) in [5.41, 5.74) is 5.15. The van der Waals surface area contributed by atoms with Gasteiger partial charge in [0.15, 0.2) is 0 Å². The lowest BCUT2D eigenvalue weighted by atomic mass is 10.2. The molecule has 3 aromatic rings. The molecule has 2 heterocycles. The summed E-state index contributed by atoms with van der Waals surface area (Å²) in [5, 5.41) is 7.27. The number of thiazole rings is 1. The molecule has 1 N–H and O–H groups in total. The molecule has 29 heavy (non-hydrogen) atoms. The minimum atomic E-state index is -3.45. The number of hydrazone groups is 1. The zero-order valence-electron chi connectivity index (χ0n) is 15.5. The Morgan fingerprint density at radius 1 is 1.14 bits per heavy atom. The number of nitrogens with zero attached hydrogens (tertiary/aromatic N) is 3. The summed E-state index contributed by atoms with van der Waals surface area (Å²) < 4.78 is 27.1. The molecule has 0 amide bonds. The van der Waals surface area contributed by atoms with Gasteiger partial charge in [0, 0.05) is 34.6 Å². The SMILES string of the molecule is O=S(=O)(c1cccc(-c2csc(NN=Cc3ccccc3Cl)n2)c1)N1CCCC1. The molecule has 4 rings (SSSR count). The van der Waals surface area contributed by atoms with Crippen molar-refractivity contribution in [1.82, 2.24) is 9.29 Å². The maximum Gasteiger partial charge on any atom is 0.243 e. The second-order valence-electron chi connectivity index (χ2n) is 6.57. The van der Waals surface area contributed by atoms with Gasteiger partial charge in [-0.25, -0.2) is 13.4 Å². The highest BCUT2D eigenvalue weighted by Gasteiger charge is 2.27. The van der Waals surface area contributed by atoms with Crippen LogP contribution in [0.3, 0.4) is 0 Å². The van der Waals surface area contributed by atoms with Gasteiger partial charge in [0.1, 0.15) is 0 Å². The molecule has 2 aromatic carbocycles. The van der Waals surface area contributed by atoms with Gasteiger partial charge in [0.25, 0.3) is 0 Å². The molecule has 0 radical (unpaired) electrons. The fraction of sp³-hybridized carbons (Fsp3) is 0.200. The van der Waals surface area contributed by atoms with Crippen LogP contribution in [0, 0.1) is 0 Å². The van der Waals surface area contributed by atoms with Crippen LogP contribution in [-0.2, 0) is 10.0 Å². The number of nitrogens with one attached hydrogen (secondary N) is 1. The van der Waals surface area contributed by atoms with Gasteiger partial charge < -0.3 is 0 Å². The predicted octanol–water partition coefficient (Wildman–Crippen LogP) is 4.69. The molecular formula is C20H19ClN4O2S2. The third-order valence-corrected chi connectivity index (χ3v) is 7.59. The maximum atomic E-state index is 12.8. The molecule has 0 spiro atoms. The molecule has 1 aromatic heterocycles. The number of anilines is 1. The van der Waals surface area contributed by atoms with Crippen LogP contribution >= 0.6 is 22.9 Å². The summed E-state index contributed by atoms with van der Waals surface area (Å²) >= 11 is 7.50. The largest absolute Gasteiger partial charge is 0.253 e. The Hall–Kier alpha value is -2.26. The fourth-order valence-corrected chi connectivity index (χ4v) is 5.50. The van der Waals surface area contributed by atoms with Gasteiger partial charge >= 0.3 is 0 Å². The van der Waals surface area contributed by atoms with E-state index in [0.29, 0.717) is 33.8 Å². The van der Waals surface area contributed by atoms with E-state index in [9.17, 15) is 8.42 Å². The van der Waals surface area contributed by atoms with Crippen LogP contribution in [0.2, 0.25) is 5.02 Å². The third kappa shape index (κ3) is 4.51. The molecule has 1 fully saturated rings. The monoisotopic (exact) mass is 446 g/mol. The second kappa shape index (κ2) is 8.62. The first-order valence-electron chi connectivity index (χ1n) is 9.14. The Labute approximate surface area is 178 Å². The number of hydrogen-bond acceptors (Lipinski definition) is 6. The molecule has 6 nitrogen and oxygen atoms in total. The number of halogens is 1. The van der Waals surface area contributed by atoms with E-state index in [1.54, 1.807) is 34.8 Å². The highest BCUT2D eigenvalue weighted by Crippen LogP contribution is 2.28. The Morgan fingerprint density at radius 3 is 2.72 bits per heavy atom. The minimum Gasteiger partial charge on any atom is -0.253 e. The van der Waals surface area contributed by atoms with Crippen molar-refractivity contribution in [3.05, 3.63) is 64.5 Å². The third-order valence-electron chi connectivity index (χ3n) is 4.61. The molecule has 0 bridgehead atoms. The van der Waals surface area contributed by atoms with E-state index in [2.05, 4.69) is 15.5 Å². The van der Waals surface area contributed by atoms with Gasteiger partial charge in [0.05, 0.1) is 16.8 Å². The first kappa shape index (κ1) is 20.0.